The van der Waals surface area contributed by atoms with Gasteiger partial charge in [-0.25, -0.2) is 0 Å². The van der Waals surface area contributed by atoms with Crippen LogP contribution < -0.4 is 5.73 Å². The molecule has 2 atom stereocenters. The standard InChI is InChI=1S/C13H17Cl2NO/c14-10-5-2-6-11(15)12(10)9(7-16)13(17)8-3-1-4-8/h2,5-6,8-9,13,17H,1,3-4,7,16H2. The lowest BCUT2D eigenvalue weighted by molar-refractivity contribution is 0.0420. The van der Waals surface area contributed by atoms with Crippen LogP contribution in [0.25, 0.3) is 0 Å². The van der Waals surface area contributed by atoms with E-state index in [1.807, 2.05) is 0 Å². The molecule has 0 heterocycles. The zero-order valence-corrected chi connectivity index (χ0v) is 11.1. The summed E-state index contributed by atoms with van der Waals surface area (Å²) in [7, 11) is 0. The Labute approximate surface area is 112 Å². The van der Waals surface area contributed by atoms with Crippen LogP contribution in [0.2, 0.25) is 10.0 Å². The normalized spacial score (nSPS) is 19.8. The monoisotopic (exact) mass is 273 g/mol. The van der Waals surface area contributed by atoms with E-state index in [0.717, 1.165) is 18.4 Å². The number of hydrogen-bond acceptors (Lipinski definition) is 2. The van der Waals surface area contributed by atoms with Gasteiger partial charge in [0.25, 0.3) is 0 Å². The molecular formula is C13H17Cl2NO. The van der Waals surface area contributed by atoms with Gasteiger partial charge in [-0.05, 0) is 36.5 Å². The highest BCUT2D eigenvalue weighted by atomic mass is 35.5. The minimum absolute atomic E-state index is 0.165. The summed E-state index contributed by atoms with van der Waals surface area (Å²) in [4.78, 5) is 0. The molecule has 0 aromatic heterocycles. The van der Waals surface area contributed by atoms with Gasteiger partial charge < -0.3 is 10.8 Å². The Balaban J connectivity index is 2.27. The molecule has 0 radical (unpaired) electrons. The lowest BCUT2D eigenvalue weighted by Crippen LogP contribution is -2.36. The Bertz CT molecular complexity index is 373. The molecule has 0 spiro atoms. The number of aliphatic hydroxyl groups is 1. The molecule has 3 N–H and O–H groups in total. The van der Waals surface area contributed by atoms with Gasteiger partial charge in [0.1, 0.15) is 0 Å². The summed E-state index contributed by atoms with van der Waals surface area (Å²) < 4.78 is 0. The summed E-state index contributed by atoms with van der Waals surface area (Å²) in [6, 6.07) is 5.38. The zero-order chi connectivity index (χ0) is 12.4. The molecule has 1 saturated carbocycles. The van der Waals surface area contributed by atoms with Crippen LogP contribution in [0.4, 0.5) is 0 Å². The first-order valence-corrected chi connectivity index (χ1v) is 6.72. The first-order valence-electron chi connectivity index (χ1n) is 5.97. The number of hydrogen-bond donors (Lipinski definition) is 2. The molecule has 2 rings (SSSR count). The van der Waals surface area contributed by atoms with Crippen molar-refractivity contribution in [2.45, 2.75) is 31.3 Å². The summed E-state index contributed by atoms with van der Waals surface area (Å²) >= 11 is 12.3. The van der Waals surface area contributed by atoms with Gasteiger partial charge in [-0.2, -0.15) is 0 Å². The molecule has 0 bridgehead atoms. The maximum absolute atomic E-state index is 10.3. The van der Waals surface area contributed by atoms with Gasteiger partial charge in [-0.1, -0.05) is 35.7 Å². The molecule has 1 fully saturated rings. The lowest BCUT2D eigenvalue weighted by atomic mass is 9.75. The van der Waals surface area contributed by atoms with E-state index in [2.05, 4.69) is 0 Å². The molecule has 2 unspecified atom stereocenters. The lowest BCUT2D eigenvalue weighted by Gasteiger charge is -2.35. The van der Waals surface area contributed by atoms with Crippen LogP contribution in [0.1, 0.15) is 30.7 Å². The maximum atomic E-state index is 10.3. The van der Waals surface area contributed by atoms with Crippen molar-refractivity contribution in [3.63, 3.8) is 0 Å². The van der Waals surface area contributed by atoms with Crippen molar-refractivity contribution in [1.82, 2.24) is 0 Å². The van der Waals surface area contributed by atoms with Crippen LogP contribution in [0.5, 0.6) is 0 Å². The molecule has 4 heteroatoms. The largest absolute Gasteiger partial charge is 0.392 e. The third-order valence-electron chi connectivity index (χ3n) is 3.67. The fourth-order valence-corrected chi connectivity index (χ4v) is 3.08. The predicted octanol–water partition coefficient (Wildman–Crippen LogP) is 3.20. The van der Waals surface area contributed by atoms with E-state index in [1.54, 1.807) is 18.2 Å². The number of nitrogens with two attached hydrogens (primary N) is 1. The van der Waals surface area contributed by atoms with Gasteiger partial charge in [0.15, 0.2) is 0 Å². The van der Waals surface area contributed by atoms with Gasteiger partial charge >= 0.3 is 0 Å². The molecule has 17 heavy (non-hydrogen) atoms. The second kappa shape index (κ2) is 5.57. The van der Waals surface area contributed by atoms with E-state index in [4.69, 9.17) is 28.9 Å². The van der Waals surface area contributed by atoms with E-state index >= 15 is 0 Å². The van der Waals surface area contributed by atoms with E-state index in [0.29, 0.717) is 22.5 Å². The molecule has 2 nitrogen and oxygen atoms in total. The number of halogens is 2. The number of aliphatic hydroxyl groups excluding tert-OH is 1. The topological polar surface area (TPSA) is 46.2 Å². The van der Waals surface area contributed by atoms with Crippen molar-refractivity contribution >= 4 is 23.2 Å². The quantitative estimate of drug-likeness (QED) is 0.885. The molecule has 94 valence electrons. The molecule has 0 saturated heterocycles. The van der Waals surface area contributed by atoms with Crippen LogP contribution >= 0.6 is 23.2 Å². The van der Waals surface area contributed by atoms with Crippen LogP contribution in [0, 0.1) is 5.92 Å². The average molecular weight is 274 g/mol. The van der Waals surface area contributed by atoms with Gasteiger partial charge in [0.05, 0.1) is 6.10 Å². The van der Waals surface area contributed by atoms with Crippen molar-refractivity contribution in [3.8, 4) is 0 Å². The molecule has 0 amide bonds. The van der Waals surface area contributed by atoms with Crippen LogP contribution in [0.15, 0.2) is 18.2 Å². The van der Waals surface area contributed by atoms with Crippen molar-refractivity contribution in [1.29, 1.82) is 0 Å². The van der Waals surface area contributed by atoms with E-state index in [9.17, 15) is 5.11 Å². The summed E-state index contributed by atoms with van der Waals surface area (Å²) in [6.07, 6.45) is 2.89. The van der Waals surface area contributed by atoms with E-state index in [-0.39, 0.29) is 5.92 Å². The second-order valence-electron chi connectivity index (χ2n) is 4.66. The molecule has 1 aliphatic rings. The van der Waals surface area contributed by atoms with Gasteiger partial charge in [-0.15, -0.1) is 0 Å². The third kappa shape index (κ3) is 2.60. The molecule has 0 aliphatic heterocycles. The first kappa shape index (κ1) is 13.2. The van der Waals surface area contributed by atoms with Crippen LogP contribution in [-0.2, 0) is 0 Å². The summed E-state index contributed by atoms with van der Waals surface area (Å²) in [5, 5.41) is 11.5. The molecular weight excluding hydrogens is 257 g/mol. The Morgan fingerprint density at radius 1 is 1.29 bits per heavy atom. The Kier molecular flexibility index (Phi) is 4.31. The van der Waals surface area contributed by atoms with E-state index in [1.165, 1.54) is 6.42 Å². The summed E-state index contributed by atoms with van der Waals surface area (Å²) in [6.45, 7) is 0.362. The number of benzene rings is 1. The van der Waals surface area contributed by atoms with Crippen molar-refractivity contribution in [2.75, 3.05) is 6.54 Å². The summed E-state index contributed by atoms with van der Waals surface area (Å²) in [5.74, 6) is 0.178. The average Bonchev–Trinajstić information content (AvgIpc) is 2.21. The second-order valence-corrected chi connectivity index (χ2v) is 5.47. The Morgan fingerprint density at radius 2 is 1.88 bits per heavy atom. The Morgan fingerprint density at radius 3 is 2.29 bits per heavy atom. The minimum atomic E-state index is -0.439. The van der Waals surface area contributed by atoms with Gasteiger partial charge in [0.2, 0.25) is 0 Å². The highest BCUT2D eigenvalue weighted by molar-refractivity contribution is 6.36. The Hall–Kier alpha value is -0.280. The van der Waals surface area contributed by atoms with Gasteiger partial charge in [-0.3, -0.25) is 0 Å². The third-order valence-corrected chi connectivity index (χ3v) is 4.33. The smallest absolute Gasteiger partial charge is 0.0650 e. The molecule has 1 aromatic carbocycles. The number of rotatable bonds is 4. The highest BCUT2D eigenvalue weighted by Crippen LogP contribution is 2.40. The highest BCUT2D eigenvalue weighted by Gasteiger charge is 2.33. The van der Waals surface area contributed by atoms with Crippen LogP contribution in [-0.4, -0.2) is 17.8 Å². The minimum Gasteiger partial charge on any atom is -0.392 e. The summed E-state index contributed by atoms with van der Waals surface area (Å²) in [5.41, 5.74) is 6.57. The van der Waals surface area contributed by atoms with Crippen molar-refractivity contribution in [2.24, 2.45) is 11.7 Å². The fraction of sp³-hybridized carbons (Fsp3) is 0.538. The molecule has 1 aliphatic carbocycles. The van der Waals surface area contributed by atoms with E-state index < -0.39 is 6.10 Å². The van der Waals surface area contributed by atoms with Crippen LogP contribution in [0.3, 0.4) is 0 Å². The zero-order valence-electron chi connectivity index (χ0n) is 9.57. The van der Waals surface area contributed by atoms with Crippen molar-refractivity contribution in [3.05, 3.63) is 33.8 Å². The van der Waals surface area contributed by atoms with Crippen molar-refractivity contribution < 1.29 is 5.11 Å². The predicted molar refractivity (Wildman–Crippen MR) is 71.6 cm³/mol. The van der Waals surface area contributed by atoms with Gasteiger partial charge in [0, 0.05) is 22.5 Å². The first-order chi connectivity index (χ1) is 8.15. The maximum Gasteiger partial charge on any atom is 0.0650 e. The fourth-order valence-electron chi connectivity index (χ4n) is 2.40. The SMILES string of the molecule is NCC(c1c(Cl)cccc1Cl)C(O)C1CCC1. The molecule has 1 aromatic rings.